The molecule has 0 saturated carbocycles. The van der Waals surface area contributed by atoms with Crippen LogP contribution in [0.2, 0.25) is 0 Å². The smallest absolute Gasteiger partial charge is 0.412 e. The first-order valence-electron chi connectivity index (χ1n) is 12.5. The van der Waals surface area contributed by atoms with E-state index in [2.05, 4.69) is 31.1 Å². The lowest BCUT2D eigenvalue weighted by Crippen LogP contribution is -2.37. The number of carbonyl (C=O) groups excluding carboxylic acids is 1. The number of piperidine rings is 1. The second-order valence-electron chi connectivity index (χ2n) is 9.40. The maximum absolute atomic E-state index is 13.6. The van der Waals surface area contributed by atoms with Crippen molar-refractivity contribution >= 4 is 39.7 Å². The molecule has 1 saturated heterocycles. The van der Waals surface area contributed by atoms with Gasteiger partial charge in [-0.25, -0.2) is 18.7 Å². The fourth-order valence-corrected chi connectivity index (χ4v) is 4.83. The highest BCUT2D eigenvalue weighted by Crippen LogP contribution is 2.29. The van der Waals surface area contributed by atoms with Gasteiger partial charge in [0.05, 0.1) is 30.1 Å². The Hall–Kier alpha value is -4.51. The van der Waals surface area contributed by atoms with E-state index in [4.69, 9.17) is 4.74 Å². The van der Waals surface area contributed by atoms with Gasteiger partial charge < -0.3 is 15.4 Å². The predicted molar refractivity (Wildman–Crippen MR) is 142 cm³/mol. The molecular weight excluding hydrogens is 487 g/mol. The summed E-state index contributed by atoms with van der Waals surface area (Å²) in [4.78, 5) is 16.9. The average molecular weight is 515 g/mol. The van der Waals surface area contributed by atoms with Crippen LogP contribution in [0.1, 0.15) is 24.0 Å². The van der Waals surface area contributed by atoms with Crippen LogP contribution in [0.4, 0.5) is 26.4 Å². The van der Waals surface area contributed by atoms with Crippen molar-refractivity contribution in [2.75, 3.05) is 23.7 Å². The van der Waals surface area contributed by atoms with Gasteiger partial charge in [0.1, 0.15) is 23.8 Å². The third-order valence-corrected chi connectivity index (χ3v) is 6.71. The van der Waals surface area contributed by atoms with Crippen LogP contribution in [0.5, 0.6) is 0 Å². The molecule has 1 fully saturated rings. The lowest BCUT2D eigenvalue weighted by molar-refractivity contribution is 0.0941. The zero-order valence-corrected chi connectivity index (χ0v) is 20.8. The van der Waals surface area contributed by atoms with Crippen molar-refractivity contribution in [2.45, 2.75) is 32.4 Å². The number of hydrogen-bond donors (Lipinski definition) is 3. The van der Waals surface area contributed by atoms with Crippen molar-refractivity contribution in [3.05, 3.63) is 78.1 Å². The molecule has 10 nitrogen and oxygen atoms in total. The molecule has 6 rings (SSSR count). The minimum atomic E-state index is -0.485. The zero-order valence-electron chi connectivity index (χ0n) is 20.8. The van der Waals surface area contributed by atoms with Gasteiger partial charge in [0.15, 0.2) is 5.82 Å². The van der Waals surface area contributed by atoms with Gasteiger partial charge in [-0.1, -0.05) is 12.1 Å². The van der Waals surface area contributed by atoms with E-state index in [1.807, 2.05) is 35.9 Å². The van der Waals surface area contributed by atoms with Gasteiger partial charge in [-0.3, -0.25) is 10.00 Å². The van der Waals surface area contributed by atoms with E-state index in [0.29, 0.717) is 24.6 Å². The van der Waals surface area contributed by atoms with Crippen molar-refractivity contribution < 1.29 is 13.9 Å². The Kier molecular flexibility index (Phi) is 6.34. The summed E-state index contributed by atoms with van der Waals surface area (Å²) in [5.74, 6) is 0.334. The van der Waals surface area contributed by atoms with Crippen molar-refractivity contribution in [1.29, 1.82) is 0 Å². The number of nitrogens with zero attached hydrogens (tertiary/aromatic N) is 5. The number of nitrogens with one attached hydrogen (secondary N) is 3. The van der Waals surface area contributed by atoms with Crippen LogP contribution < -0.4 is 16.0 Å². The molecule has 1 amide bonds. The van der Waals surface area contributed by atoms with Crippen molar-refractivity contribution in [1.82, 2.24) is 29.7 Å². The maximum atomic E-state index is 13.6. The zero-order chi connectivity index (χ0) is 26.1. The molecule has 0 unspecified atom stereocenters. The molecule has 194 valence electrons. The number of carbonyl (C=O) groups is 1. The van der Waals surface area contributed by atoms with Crippen molar-refractivity contribution in [3.8, 4) is 0 Å². The second-order valence-corrected chi connectivity index (χ2v) is 9.40. The monoisotopic (exact) mass is 514 g/mol. The number of halogens is 1. The summed E-state index contributed by atoms with van der Waals surface area (Å²) in [5, 5.41) is 19.2. The summed E-state index contributed by atoms with van der Waals surface area (Å²) >= 11 is 0. The van der Waals surface area contributed by atoms with Crippen LogP contribution in [-0.4, -0.2) is 49.7 Å². The molecule has 1 atom stereocenters. The number of hydrogen-bond acceptors (Lipinski definition) is 7. The van der Waals surface area contributed by atoms with Crippen molar-refractivity contribution in [3.63, 3.8) is 0 Å². The number of aromatic nitrogens is 5. The molecule has 0 radical (unpaired) electrons. The fourth-order valence-electron chi connectivity index (χ4n) is 4.83. The molecule has 3 aromatic heterocycles. The SMILES string of the molecule is Cc1c(NC(=O)O[C@@H]2CCCNC2)cn2ncnc(Nc3ccc4c(cnn4Cc4cccc(F)c4)c3)c12. The summed E-state index contributed by atoms with van der Waals surface area (Å²) < 4.78 is 22.7. The number of aryl methyl sites for hydroxylation is 1. The van der Waals surface area contributed by atoms with E-state index in [9.17, 15) is 9.18 Å². The summed E-state index contributed by atoms with van der Waals surface area (Å²) in [7, 11) is 0. The Balaban J connectivity index is 1.21. The maximum Gasteiger partial charge on any atom is 0.412 e. The molecule has 3 N–H and O–H groups in total. The van der Waals surface area contributed by atoms with Gasteiger partial charge in [-0.15, -0.1) is 0 Å². The molecule has 1 aliphatic heterocycles. The van der Waals surface area contributed by atoms with E-state index >= 15 is 0 Å². The molecule has 11 heteroatoms. The Bertz CT molecular complexity index is 1620. The van der Waals surface area contributed by atoms with E-state index in [1.54, 1.807) is 23.0 Å². The Morgan fingerprint density at radius 3 is 3.00 bits per heavy atom. The highest BCUT2D eigenvalue weighted by atomic mass is 19.1. The average Bonchev–Trinajstić information content (AvgIpc) is 3.45. The molecule has 0 spiro atoms. The molecule has 1 aliphatic rings. The largest absolute Gasteiger partial charge is 0.445 e. The van der Waals surface area contributed by atoms with Gasteiger partial charge in [-0.05, 0) is 62.2 Å². The van der Waals surface area contributed by atoms with Crippen LogP contribution in [0.3, 0.4) is 0 Å². The quantitative estimate of drug-likeness (QED) is 0.303. The fraction of sp³-hybridized carbons (Fsp3) is 0.259. The van der Waals surface area contributed by atoms with E-state index in [-0.39, 0.29) is 11.9 Å². The molecule has 5 aromatic rings. The van der Waals surface area contributed by atoms with Gasteiger partial charge in [0.2, 0.25) is 0 Å². The lowest BCUT2D eigenvalue weighted by Gasteiger charge is -2.22. The van der Waals surface area contributed by atoms with E-state index in [0.717, 1.165) is 52.6 Å². The minimum Gasteiger partial charge on any atom is -0.445 e. The highest BCUT2D eigenvalue weighted by molar-refractivity contribution is 5.91. The number of ether oxygens (including phenoxy) is 1. The van der Waals surface area contributed by atoms with Crippen LogP contribution in [0, 0.1) is 12.7 Å². The third kappa shape index (κ3) is 4.88. The molecular formula is C27H27FN8O2. The number of fused-ring (bicyclic) bond motifs is 2. The van der Waals surface area contributed by atoms with Gasteiger partial charge in [0, 0.05) is 23.2 Å². The lowest BCUT2D eigenvalue weighted by atomic mass is 10.1. The van der Waals surface area contributed by atoms with Gasteiger partial charge in [0.25, 0.3) is 0 Å². The predicted octanol–water partition coefficient (Wildman–Crippen LogP) is 4.62. The molecule has 4 heterocycles. The number of amides is 1. The molecule has 38 heavy (non-hydrogen) atoms. The number of benzene rings is 2. The first-order valence-corrected chi connectivity index (χ1v) is 12.5. The minimum absolute atomic E-state index is 0.133. The highest BCUT2D eigenvalue weighted by Gasteiger charge is 2.20. The first-order chi connectivity index (χ1) is 18.5. The summed E-state index contributed by atoms with van der Waals surface area (Å²) in [6, 6.07) is 12.4. The van der Waals surface area contributed by atoms with Gasteiger partial charge in [-0.2, -0.15) is 10.2 Å². The van der Waals surface area contributed by atoms with Crippen molar-refractivity contribution in [2.24, 2.45) is 0 Å². The summed E-state index contributed by atoms with van der Waals surface area (Å²) in [6.45, 7) is 3.99. The summed E-state index contributed by atoms with van der Waals surface area (Å²) in [5.41, 5.74) is 4.76. The Labute approximate surface area is 217 Å². The standard InChI is InChI=1S/C27H27FN8O2/c1-17-23(34-27(37)38-22-6-3-9-29-13-22)15-36-25(17)26(30-16-32-36)33-21-7-8-24-19(11-21)12-31-35(24)14-18-4-2-5-20(28)10-18/h2,4-5,7-8,10-12,15-16,22,29H,3,6,9,13-14H2,1H3,(H,34,37)(H,30,32,33)/t22-/m1/s1. The van der Waals surface area contributed by atoms with Crippen LogP contribution in [0.15, 0.2) is 61.2 Å². The number of anilines is 3. The molecule has 2 aromatic carbocycles. The third-order valence-electron chi connectivity index (χ3n) is 6.71. The normalized spacial score (nSPS) is 15.6. The van der Waals surface area contributed by atoms with Gasteiger partial charge >= 0.3 is 6.09 Å². The van der Waals surface area contributed by atoms with E-state index < -0.39 is 6.09 Å². The second kappa shape index (κ2) is 10.1. The Morgan fingerprint density at radius 2 is 2.16 bits per heavy atom. The Morgan fingerprint density at radius 1 is 1.24 bits per heavy atom. The summed E-state index contributed by atoms with van der Waals surface area (Å²) in [6.07, 6.45) is 6.21. The van der Waals surface area contributed by atoms with Crippen LogP contribution in [0.25, 0.3) is 16.4 Å². The first kappa shape index (κ1) is 23.9. The number of rotatable bonds is 6. The van der Waals surface area contributed by atoms with Crippen LogP contribution >= 0.6 is 0 Å². The van der Waals surface area contributed by atoms with E-state index in [1.165, 1.54) is 18.5 Å². The molecule has 0 bridgehead atoms. The van der Waals surface area contributed by atoms with Crippen LogP contribution in [-0.2, 0) is 11.3 Å². The topological polar surface area (TPSA) is 110 Å². The molecule has 0 aliphatic carbocycles.